The molecule has 5 heteroatoms. The zero-order valence-electron chi connectivity index (χ0n) is 8.14. The van der Waals surface area contributed by atoms with Crippen LogP contribution in [0.4, 0.5) is 0 Å². The van der Waals surface area contributed by atoms with Crippen LogP contribution in [0, 0.1) is 6.92 Å². The first-order valence-corrected chi connectivity index (χ1v) is 4.34. The van der Waals surface area contributed by atoms with Crippen LogP contribution in [-0.4, -0.2) is 15.0 Å². The van der Waals surface area contributed by atoms with Crippen LogP contribution in [-0.2, 0) is 7.05 Å². The molecule has 14 heavy (non-hydrogen) atoms. The molecule has 2 heterocycles. The maximum atomic E-state index is 5.97. The molecule has 2 rings (SSSR count). The zero-order chi connectivity index (χ0) is 10.1. The molecule has 0 aliphatic heterocycles. The maximum absolute atomic E-state index is 5.97. The lowest BCUT2D eigenvalue weighted by Gasteiger charge is -2.05. The van der Waals surface area contributed by atoms with Crippen LogP contribution >= 0.6 is 0 Å². The molecular formula is C9H12N4O. The van der Waals surface area contributed by atoms with Gasteiger partial charge >= 0.3 is 0 Å². The van der Waals surface area contributed by atoms with Gasteiger partial charge in [-0.15, -0.1) is 5.10 Å². The lowest BCUT2D eigenvalue weighted by atomic mass is 10.1. The molecule has 0 fully saturated rings. The molecule has 0 radical (unpaired) electrons. The van der Waals surface area contributed by atoms with Crippen LogP contribution in [0.25, 0.3) is 0 Å². The van der Waals surface area contributed by atoms with E-state index in [-0.39, 0.29) is 6.04 Å². The van der Waals surface area contributed by atoms with Gasteiger partial charge in [0.15, 0.2) is 0 Å². The second-order valence-corrected chi connectivity index (χ2v) is 3.26. The summed E-state index contributed by atoms with van der Waals surface area (Å²) < 4.78 is 6.91. The van der Waals surface area contributed by atoms with Crippen LogP contribution in [0.5, 0.6) is 0 Å². The number of hydrogen-bond donors (Lipinski definition) is 1. The van der Waals surface area contributed by atoms with Crippen LogP contribution in [0.15, 0.2) is 22.9 Å². The predicted octanol–water partition coefficient (Wildman–Crippen LogP) is 0.765. The van der Waals surface area contributed by atoms with Crippen LogP contribution in [0.2, 0.25) is 0 Å². The van der Waals surface area contributed by atoms with E-state index >= 15 is 0 Å². The van der Waals surface area contributed by atoms with E-state index < -0.39 is 0 Å². The van der Waals surface area contributed by atoms with Crippen molar-refractivity contribution in [1.82, 2.24) is 15.0 Å². The quantitative estimate of drug-likeness (QED) is 0.762. The van der Waals surface area contributed by atoms with Gasteiger partial charge in [-0.25, -0.2) is 0 Å². The summed E-state index contributed by atoms with van der Waals surface area (Å²) in [4.78, 5) is 0. The molecule has 0 aliphatic carbocycles. The largest absolute Gasteiger partial charge is 0.467 e. The Kier molecular flexibility index (Phi) is 2.09. The summed E-state index contributed by atoms with van der Waals surface area (Å²) in [5, 5.41) is 7.76. The van der Waals surface area contributed by atoms with Gasteiger partial charge in [-0.05, 0) is 18.6 Å². The van der Waals surface area contributed by atoms with Gasteiger partial charge in [0.1, 0.15) is 17.5 Å². The number of aryl methyl sites for hydroxylation is 2. The molecule has 0 saturated heterocycles. The minimum atomic E-state index is -0.335. The highest BCUT2D eigenvalue weighted by atomic mass is 16.3. The van der Waals surface area contributed by atoms with E-state index in [9.17, 15) is 0 Å². The van der Waals surface area contributed by atoms with E-state index in [1.54, 1.807) is 24.2 Å². The van der Waals surface area contributed by atoms with Crippen molar-refractivity contribution in [2.75, 3.05) is 0 Å². The van der Waals surface area contributed by atoms with Crippen molar-refractivity contribution in [1.29, 1.82) is 0 Å². The first-order chi connectivity index (χ1) is 6.68. The molecule has 0 amide bonds. The molecule has 0 aromatic carbocycles. The van der Waals surface area contributed by atoms with Gasteiger partial charge in [0.2, 0.25) is 0 Å². The van der Waals surface area contributed by atoms with Gasteiger partial charge in [-0.2, -0.15) is 0 Å². The van der Waals surface area contributed by atoms with Crippen molar-refractivity contribution < 1.29 is 4.42 Å². The Labute approximate surface area is 81.5 Å². The summed E-state index contributed by atoms with van der Waals surface area (Å²) in [5.74, 6) is 0.741. The molecule has 1 atom stereocenters. The third-order valence-electron chi connectivity index (χ3n) is 2.12. The molecule has 5 nitrogen and oxygen atoms in total. The third kappa shape index (κ3) is 1.42. The monoisotopic (exact) mass is 192 g/mol. The minimum absolute atomic E-state index is 0.335. The van der Waals surface area contributed by atoms with Crippen molar-refractivity contribution in [2.24, 2.45) is 12.8 Å². The fourth-order valence-electron chi connectivity index (χ4n) is 1.35. The van der Waals surface area contributed by atoms with Crippen molar-refractivity contribution in [3.8, 4) is 0 Å². The Balaban J connectivity index is 2.33. The molecule has 2 aromatic rings. The number of nitrogens with two attached hydrogens (primary N) is 1. The van der Waals surface area contributed by atoms with Gasteiger partial charge in [-0.1, -0.05) is 5.21 Å². The topological polar surface area (TPSA) is 69.9 Å². The van der Waals surface area contributed by atoms with E-state index in [4.69, 9.17) is 10.2 Å². The average Bonchev–Trinajstić information content (AvgIpc) is 2.73. The van der Waals surface area contributed by atoms with Crippen molar-refractivity contribution in [2.45, 2.75) is 13.0 Å². The molecular weight excluding hydrogens is 180 g/mol. The molecule has 0 bridgehead atoms. The van der Waals surface area contributed by atoms with Crippen molar-refractivity contribution >= 4 is 0 Å². The maximum Gasteiger partial charge on any atom is 0.129 e. The second-order valence-electron chi connectivity index (χ2n) is 3.26. The second kappa shape index (κ2) is 3.26. The Morgan fingerprint density at radius 1 is 1.57 bits per heavy atom. The summed E-state index contributed by atoms with van der Waals surface area (Å²) in [7, 11) is 1.80. The first kappa shape index (κ1) is 8.96. The molecule has 0 aliphatic rings. The number of nitrogens with zero attached hydrogens (tertiary/aromatic N) is 3. The Bertz CT molecular complexity index is 431. The van der Waals surface area contributed by atoms with Crippen molar-refractivity contribution in [3.05, 3.63) is 35.5 Å². The van der Waals surface area contributed by atoms with E-state index in [1.165, 1.54) is 0 Å². The Morgan fingerprint density at radius 3 is 2.86 bits per heavy atom. The predicted molar refractivity (Wildman–Crippen MR) is 50.5 cm³/mol. The van der Waals surface area contributed by atoms with Crippen LogP contribution in [0.1, 0.15) is 23.1 Å². The summed E-state index contributed by atoms with van der Waals surface area (Å²) in [6.45, 7) is 1.95. The standard InChI is InChI=1S/C9H12N4O/c1-6-3-4-14-9(6)8(10)7-5-13(2)12-11-7/h3-5,8H,10H2,1-2H3. The number of hydrogen-bond acceptors (Lipinski definition) is 4. The summed E-state index contributed by atoms with van der Waals surface area (Å²) in [6.07, 6.45) is 3.41. The Morgan fingerprint density at radius 2 is 2.36 bits per heavy atom. The average molecular weight is 192 g/mol. The lowest BCUT2D eigenvalue weighted by Crippen LogP contribution is -2.12. The van der Waals surface area contributed by atoms with E-state index in [0.29, 0.717) is 5.69 Å². The molecule has 0 spiro atoms. The molecule has 1 unspecified atom stereocenters. The van der Waals surface area contributed by atoms with Crippen LogP contribution < -0.4 is 5.73 Å². The number of rotatable bonds is 2. The third-order valence-corrected chi connectivity index (χ3v) is 2.12. The number of aromatic nitrogens is 3. The highest BCUT2D eigenvalue weighted by Crippen LogP contribution is 2.21. The van der Waals surface area contributed by atoms with Crippen LogP contribution in [0.3, 0.4) is 0 Å². The fourth-order valence-corrected chi connectivity index (χ4v) is 1.35. The molecule has 74 valence electrons. The zero-order valence-corrected chi connectivity index (χ0v) is 8.14. The van der Waals surface area contributed by atoms with Gasteiger partial charge in [0, 0.05) is 7.05 Å². The van der Waals surface area contributed by atoms with Gasteiger partial charge in [-0.3, -0.25) is 4.68 Å². The van der Waals surface area contributed by atoms with Gasteiger partial charge in [0.05, 0.1) is 12.5 Å². The normalized spacial score (nSPS) is 13.1. The van der Waals surface area contributed by atoms with Gasteiger partial charge < -0.3 is 10.2 Å². The Hall–Kier alpha value is -1.62. The van der Waals surface area contributed by atoms with E-state index in [1.807, 2.05) is 13.0 Å². The summed E-state index contributed by atoms with van der Waals surface area (Å²) in [6, 6.07) is 1.55. The van der Waals surface area contributed by atoms with Crippen molar-refractivity contribution in [3.63, 3.8) is 0 Å². The SMILES string of the molecule is Cc1ccoc1C(N)c1cn(C)nn1. The van der Waals surface area contributed by atoms with Gasteiger partial charge in [0.25, 0.3) is 0 Å². The van der Waals surface area contributed by atoms with E-state index in [2.05, 4.69) is 10.3 Å². The number of furan rings is 1. The molecule has 2 N–H and O–H groups in total. The highest BCUT2D eigenvalue weighted by molar-refractivity contribution is 5.24. The minimum Gasteiger partial charge on any atom is -0.467 e. The fraction of sp³-hybridized carbons (Fsp3) is 0.333. The summed E-state index contributed by atoms with van der Waals surface area (Å²) in [5.41, 5.74) is 7.71. The highest BCUT2D eigenvalue weighted by Gasteiger charge is 2.17. The van der Waals surface area contributed by atoms with E-state index in [0.717, 1.165) is 11.3 Å². The summed E-state index contributed by atoms with van der Waals surface area (Å²) >= 11 is 0. The molecule has 2 aromatic heterocycles. The molecule has 0 saturated carbocycles. The first-order valence-electron chi connectivity index (χ1n) is 4.34. The smallest absolute Gasteiger partial charge is 0.129 e. The lowest BCUT2D eigenvalue weighted by molar-refractivity contribution is 0.483.